The number of carbonyl (C=O) groups is 1. The number of benzene rings is 2. The molecule has 1 aromatic heterocycles. The van der Waals surface area contributed by atoms with Crippen LogP contribution in [0.1, 0.15) is 24.0 Å². The summed E-state index contributed by atoms with van der Waals surface area (Å²) in [5.41, 5.74) is 3.05. The first-order chi connectivity index (χ1) is 14.7. The van der Waals surface area contributed by atoms with Crippen LogP contribution in [0.3, 0.4) is 0 Å². The Balaban J connectivity index is 1.47. The largest absolute Gasteiger partial charge is 0.310 e. The van der Waals surface area contributed by atoms with Crippen LogP contribution in [0.5, 0.6) is 0 Å². The van der Waals surface area contributed by atoms with Crippen molar-refractivity contribution in [3.05, 3.63) is 82.9 Å². The Hall–Kier alpha value is -2.70. The third-order valence-electron chi connectivity index (χ3n) is 5.58. The third-order valence-corrected chi connectivity index (χ3v) is 6.78. The Bertz CT molecular complexity index is 1200. The van der Waals surface area contributed by atoms with E-state index in [1.54, 1.807) is 6.07 Å². The van der Waals surface area contributed by atoms with Crippen LogP contribution in [0, 0.1) is 0 Å². The molecule has 0 bridgehead atoms. The number of rotatable bonds is 7. The Labute approximate surface area is 187 Å². The first kappa shape index (κ1) is 21.5. The minimum atomic E-state index is -2.99. The van der Waals surface area contributed by atoms with Gasteiger partial charge in [-0.1, -0.05) is 54.1 Å². The van der Waals surface area contributed by atoms with E-state index in [0.29, 0.717) is 17.3 Å². The summed E-state index contributed by atoms with van der Waals surface area (Å²) in [6.07, 6.45) is 3.32. The molecule has 1 N–H and O–H groups in total. The predicted octanol–water partition coefficient (Wildman–Crippen LogP) is 4.66. The minimum Gasteiger partial charge on any atom is -0.310 e. The number of hydrogen-bond acceptors (Lipinski definition) is 4. The molecule has 0 spiro atoms. The normalized spacial score (nSPS) is 14.8. The number of pyridine rings is 1. The predicted molar refractivity (Wildman–Crippen MR) is 124 cm³/mol. The zero-order valence-corrected chi connectivity index (χ0v) is 18.7. The van der Waals surface area contributed by atoms with E-state index in [9.17, 15) is 13.2 Å². The summed E-state index contributed by atoms with van der Waals surface area (Å²) in [5.74, 6) is 0.570. The van der Waals surface area contributed by atoms with Gasteiger partial charge in [-0.25, -0.2) is 13.4 Å². The molecular formula is C24H23ClN2O3S. The van der Waals surface area contributed by atoms with Gasteiger partial charge in [0.25, 0.3) is 0 Å². The fraction of sp³-hybridized carbons (Fsp3) is 0.250. The van der Waals surface area contributed by atoms with Gasteiger partial charge in [-0.15, -0.1) is 0 Å². The molecule has 1 fully saturated rings. The highest BCUT2D eigenvalue weighted by atomic mass is 35.5. The van der Waals surface area contributed by atoms with E-state index in [1.165, 1.54) is 6.26 Å². The molecule has 0 atom stereocenters. The molecule has 1 aliphatic carbocycles. The van der Waals surface area contributed by atoms with Crippen molar-refractivity contribution in [2.45, 2.75) is 24.7 Å². The Morgan fingerprint density at radius 2 is 1.71 bits per heavy atom. The highest BCUT2D eigenvalue weighted by Crippen LogP contribution is 2.49. The second-order valence-electron chi connectivity index (χ2n) is 8.03. The molecule has 160 valence electrons. The fourth-order valence-corrected chi connectivity index (χ4v) is 4.32. The lowest BCUT2D eigenvalue weighted by Crippen LogP contribution is -2.28. The van der Waals surface area contributed by atoms with Gasteiger partial charge < -0.3 is 5.32 Å². The minimum absolute atomic E-state index is 0.0596. The lowest BCUT2D eigenvalue weighted by molar-refractivity contribution is -0.118. The van der Waals surface area contributed by atoms with E-state index in [4.69, 9.17) is 11.6 Å². The molecule has 1 amide bonds. The van der Waals surface area contributed by atoms with Crippen LogP contribution in [-0.4, -0.2) is 31.3 Å². The van der Waals surface area contributed by atoms with Gasteiger partial charge >= 0.3 is 0 Å². The Morgan fingerprint density at radius 1 is 1.03 bits per heavy atom. The monoisotopic (exact) mass is 454 g/mol. The summed E-state index contributed by atoms with van der Waals surface area (Å²) < 4.78 is 22.7. The van der Waals surface area contributed by atoms with Gasteiger partial charge in [-0.05, 0) is 54.7 Å². The first-order valence-corrected chi connectivity index (χ1v) is 12.5. The van der Waals surface area contributed by atoms with Crippen molar-refractivity contribution in [1.82, 2.24) is 4.98 Å². The number of carbonyl (C=O) groups excluding carboxylic acids is 1. The quantitative estimate of drug-likeness (QED) is 0.563. The zero-order chi connectivity index (χ0) is 22.1. The van der Waals surface area contributed by atoms with Gasteiger partial charge in [0.15, 0.2) is 0 Å². The van der Waals surface area contributed by atoms with E-state index in [1.807, 2.05) is 60.7 Å². The molecule has 0 aliphatic heterocycles. The van der Waals surface area contributed by atoms with Gasteiger partial charge in [0.1, 0.15) is 15.7 Å². The van der Waals surface area contributed by atoms with Crippen molar-refractivity contribution >= 4 is 33.2 Å². The molecule has 2 aromatic carbocycles. The molecule has 0 saturated heterocycles. The highest BCUT2D eigenvalue weighted by molar-refractivity contribution is 7.90. The van der Waals surface area contributed by atoms with Gasteiger partial charge in [0.05, 0.1) is 16.9 Å². The summed E-state index contributed by atoms with van der Waals surface area (Å²) >= 11 is 5.98. The van der Waals surface area contributed by atoms with Crippen molar-refractivity contribution in [2.24, 2.45) is 0 Å². The van der Waals surface area contributed by atoms with Crippen LogP contribution in [0.4, 0.5) is 5.82 Å². The van der Waals surface area contributed by atoms with E-state index in [-0.39, 0.29) is 11.7 Å². The second kappa shape index (κ2) is 8.44. The molecule has 0 radical (unpaired) electrons. The number of nitrogens with zero attached hydrogens (tertiary/aromatic N) is 1. The molecule has 31 heavy (non-hydrogen) atoms. The standard InChI is InChI=1S/C24H23ClN2O3S/c1-31(29,30)16-13-17-5-7-18(8-6-17)21-3-2-4-22(26-21)27-23(28)24(14-15-24)19-9-11-20(25)12-10-19/h2-12H,13-16H2,1H3,(H,26,27,28). The average molecular weight is 455 g/mol. The molecule has 1 saturated carbocycles. The van der Waals surface area contributed by atoms with E-state index < -0.39 is 15.3 Å². The maximum atomic E-state index is 13.0. The number of halogens is 1. The number of aryl methyl sites for hydroxylation is 1. The summed E-state index contributed by atoms with van der Waals surface area (Å²) in [6.45, 7) is 0. The van der Waals surface area contributed by atoms with E-state index in [0.717, 1.165) is 35.2 Å². The molecule has 1 heterocycles. The molecule has 4 rings (SSSR count). The maximum absolute atomic E-state index is 13.0. The number of anilines is 1. The van der Waals surface area contributed by atoms with Gasteiger partial charge in [-0.3, -0.25) is 4.79 Å². The fourth-order valence-electron chi connectivity index (χ4n) is 3.59. The molecule has 3 aromatic rings. The van der Waals surface area contributed by atoms with Crippen LogP contribution in [0.2, 0.25) is 5.02 Å². The first-order valence-electron chi connectivity index (χ1n) is 10.1. The van der Waals surface area contributed by atoms with E-state index in [2.05, 4.69) is 10.3 Å². The molecule has 5 nitrogen and oxygen atoms in total. The lowest BCUT2D eigenvalue weighted by atomic mass is 9.95. The van der Waals surface area contributed by atoms with Gasteiger partial charge in [0.2, 0.25) is 5.91 Å². The van der Waals surface area contributed by atoms with Crippen LogP contribution < -0.4 is 5.32 Å². The zero-order valence-electron chi connectivity index (χ0n) is 17.1. The van der Waals surface area contributed by atoms with Gasteiger partial charge in [-0.2, -0.15) is 0 Å². The maximum Gasteiger partial charge on any atom is 0.236 e. The Morgan fingerprint density at radius 3 is 2.32 bits per heavy atom. The summed E-state index contributed by atoms with van der Waals surface area (Å²) in [6, 6.07) is 20.6. The lowest BCUT2D eigenvalue weighted by Gasteiger charge is -2.16. The summed E-state index contributed by atoms with van der Waals surface area (Å²) in [4.78, 5) is 17.6. The summed E-state index contributed by atoms with van der Waals surface area (Å²) in [5, 5.41) is 3.62. The van der Waals surface area contributed by atoms with Crippen molar-refractivity contribution in [3.8, 4) is 11.3 Å². The van der Waals surface area contributed by atoms with Crippen molar-refractivity contribution in [3.63, 3.8) is 0 Å². The van der Waals surface area contributed by atoms with Gasteiger partial charge in [0, 0.05) is 16.8 Å². The number of hydrogen-bond donors (Lipinski definition) is 1. The van der Waals surface area contributed by atoms with E-state index >= 15 is 0 Å². The molecular weight excluding hydrogens is 432 g/mol. The van der Waals surface area contributed by atoms with Crippen LogP contribution in [0.25, 0.3) is 11.3 Å². The third kappa shape index (κ3) is 5.14. The number of nitrogens with one attached hydrogen (secondary N) is 1. The van der Waals surface area contributed by atoms with Crippen LogP contribution >= 0.6 is 11.6 Å². The summed E-state index contributed by atoms with van der Waals surface area (Å²) in [7, 11) is -2.99. The van der Waals surface area contributed by atoms with Crippen molar-refractivity contribution < 1.29 is 13.2 Å². The SMILES string of the molecule is CS(=O)(=O)CCc1ccc(-c2cccc(NC(=O)C3(c4ccc(Cl)cc4)CC3)n2)cc1. The molecule has 7 heteroatoms. The van der Waals surface area contributed by atoms with Crippen molar-refractivity contribution in [1.29, 1.82) is 0 Å². The number of aromatic nitrogens is 1. The van der Waals surface area contributed by atoms with Crippen molar-refractivity contribution in [2.75, 3.05) is 17.3 Å². The number of sulfone groups is 1. The number of amides is 1. The highest BCUT2D eigenvalue weighted by Gasteiger charge is 2.51. The molecule has 0 unspecified atom stereocenters. The smallest absolute Gasteiger partial charge is 0.236 e. The molecule has 1 aliphatic rings. The Kier molecular flexibility index (Phi) is 5.86. The van der Waals surface area contributed by atoms with Crippen LogP contribution in [0.15, 0.2) is 66.7 Å². The topological polar surface area (TPSA) is 76.1 Å². The average Bonchev–Trinajstić information content (AvgIpc) is 3.55. The van der Waals surface area contributed by atoms with Crippen LogP contribution in [-0.2, 0) is 26.5 Å². The second-order valence-corrected chi connectivity index (χ2v) is 10.7.